The van der Waals surface area contributed by atoms with Crippen LogP contribution in [-0.4, -0.2) is 45.4 Å². The van der Waals surface area contributed by atoms with Gasteiger partial charge in [0.25, 0.3) is 0 Å². The van der Waals surface area contributed by atoms with Crippen LogP contribution in [0.4, 0.5) is 0 Å². The summed E-state index contributed by atoms with van der Waals surface area (Å²) in [4.78, 5) is 23.8. The number of methoxy groups -OCH3 is 1. The van der Waals surface area contributed by atoms with E-state index in [1.165, 1.54) is 7.11 Å². The Morgan fingerprint density at radius 3 is 2.57 bits per heavy atom. The van der Waals surface area contributed by atoms with Crippen molar-refractivity contribution in [3.05, 3.63) is 22.5 Å². The first-order chi connectivity index (χ1) is 10.0. The summed E-state index contributed by atoms with van der Waals surface area (Å²) in [6.45, 7) is 5.14. The van der Waals surface area contributed by atoms with E-state index in [2.05, 4.69) is 11.1 Å². The third kappa shape index (κ3) is 4.57. The molecule has 0 saturated heterocycles. The molecule has 7 nitrogen and oxygen atoms in total. The van der Waals surface area contributed by atoms with Gasteiger partial charge in [-0.2, -0.15) is 0 Å². The summed E-state index contributed by atoms with van der Waals surface area (Å²) in [5.74, 6) is -0.911. The van der Waals surface area contributed by atoms with Crippen molar-refractivity contribution in [1.82, 2.24) is 5.32 Å². The highest BCUT2D eigenvalue weighted by Crippen LogP contribution is 2.25. The number of carbonyl (C=O) groups excluding carboxylic acids is 2. The van der Waals surface area contributed by atoms with Gasteiger partial charge in [-0.25, -0.2) is 9.59 Å². The van der Waals surface area contributed by atoms with Crippen molar-refractivity contribution >= 4 is 11.9 Å². The molecule has 1 aliphatic heterocycles. The topological polar surface area (TPSA) is 102 Å². The quantitative estimate of drug-likeness (QED) is 0.485. The number of carbonyl (C=O) groups is 2. The molecule has 118 valence electrons. The Morgan fingerprint density at radius 2 is 2.00 bits per heavy atom. The molecule has 0 aromatic carbocycles. The highest BCUT2D eigenvalue weighted by atomic mass is 16.5. The van der Waals surface area contributed by atoms with Crippen LogP contribution in [-0.2, 0) is 23.8 Å². The summed E-state index contributed by atoms with van der Waals surface area (Å²) in [5.41, 5.74) is 5.78. The molecule has 0 saturated carbocycles. The van der Waals surface area contributed by atoms with E-state index in [1.54, 1.807) is 13.8 Å². The van der Waals surface area contributed by atoms with Crippen molar-refractivity contribution in [2.75, 3.05) is 33.5 Å². The lowest BCUT2D eigenvalue weighted by Gasteiger charge is -2.23. The largest absolute Gasteiger partial charge is 0.466 e. The van der Waals surface area contributed by atoms with E-state index in [9.17, 15) is 9.59 Å². The lowest BCUT2D eigenvalue weighted by molar-refractivity contribution is -0.373. The van der Waals surface area contributed by atoms with Crippen LogP contribution in [0.5, 0.6) is 0 Å². The van der Waals surface area contributed by atoms with Gasteiger partial charge in [-0.3, -0.25) is 0 Å². The van der Waals surface area contributed by atoms with Crippen molar-refractivity contribution in [1.29, 1.82) is 0 Å². The number of hydrogen-bond donors (Lipinski definition) is 2. The fraction of sp³-hybridized carbons (Fsp3) is 0.571. The zero-order valence-electron chi connectivity index (χ0n) is 12.8. The molecule has 1 heterocycles. The van der Waals surface area contributed by atoms with Gasteiger partial charge in [-0.1, -0.05) is 0 Å². The number of esters is 2. The Labute approximate surface area is 124 Å². The minimum atomic E-state index is -0.459. The smallest absolute Gasteiger partial charge is 0.336 e. The molecule has 7 heteroatoms. The average molecular weight is 299 g/mol. The first kappa shape index (κ1) is 17.2. The number of dihydropyridines is 1. The van der Waals surface area contributed by atoms with Crippen LogP contribution in [0.2, 0.25) is 0 Å². The van der Waals surface area contributed by atoms with Crippen LogP contribution in [0.25, 0.3) is 0 Å². The molecule has 0 amide bonds. The van der Waals surface area contributed by atoms with Crippen molar-refractivity contribution in [3.63, 3.8) is 0 Å². The summed E-state index contributed by atoms with van der Waals surface area (Å²) >= 11 is 0. The highest BCUT2D eigenvalue weighted by Gasteiger charge is 2.28. The van der Waals surface area contributed by atoms with Gasteiger partial charge < -0.3 is 25.3 Å². The molecule has 0 bridgehead atoms. The summed E-state index contributed by atoms with van der Waals surface area (Å²) in [7, 11) is 1.31. The van der Waals surface area contributed by atoms with Gasteiger partial charge in [0.15, 0.2) is 0 Å². The first-order valence-electron chi connectivity index (χ1n) is 6.86. The molecule has 0 spiro atoms. The molecule has 0 aromatic heterocycles. The van der Waals surface area contributed by atoms with Crippen LogP contribution in [0, 0.1) is 0 Å². The normalized spacial score (nSPS) is 14.9. The fourth-order valence-electron chi connectivity index (χ4n) is 1.95. The standard InChI is InChI=1S/C14H22N2O5/c1-4-21-14(18)11-7-10(13(17)19-3)9(2)16-12(11)8-20-6-5-15/h16H,4-8,15H2,1-3H3/p+1. The van der Waals surface area contributed by atoms with Crippen LogP contribution < -0.4 is 11.1 Å². The molecule has 0 atom stereocenters. The number of rotatable bonds is 7. The maximum atomic E-state index is 12.0. The molecule has 0 fully saturated rings. The second-order valence-electron chi connectivity index (χ2n) is 4.48. The Kier molecular flexibility index (Phi) is 6.90. The number of nitrogens with one attached hydrogen (secondary N) is 1. The lowest BCUT2D eigenvalue weighted by atomic mass is 9.98. The molecule has 1 aliphatic rings. The number of quaternary nitrogens is 1. The zero-order valence-corrected chi connectivity index (χ0v) is 12.8. The molecule has 4 N–H and O–H groups in total. The van der Waals surface area contributed by atoms with E-state index in [0.717, 1.165) is 0 Å². The summed E-state index contributed by atoms with van der Waals surface area (Å²) in [5, 5.41) is 3.04. The van der Waals surface area contributed by atoms with Crippen molar-refractivity contribution in [2.24, 2.45) is 0 Å². The van der Waals surface area contributed by atoms with E-state index in [-0.39, 0.29) is 19.6 Å². The number of hydrogen-bond acceptors (Lipinski definition) is 6. The van der Waals surface area contributed by atoms with Crippen LogP contribution in [0.3, 0.4) is 0 Å². The van der Waals surface area contributed by atoms with Gasteiger partial charge in [0, 0.05) is 12.1 Å². The van der Waals surface area contributed by atoms with Crippen LogP contribution >= 0.6 is 0 Å². The monoisotopic (exact) mass is 299 g/mol. The van der Waals surface area contributed by atoms with Gasteiger partial charge in [-0.05, 0) is 13.8 Å². The fourth-order valence-corrected chi connectivity index (χ4v) is 1.95. The Morgan fingerprint density at radius 1 is 1.29 bits per heavy atom. The minimum Gasteiger partial charge on any atom is -0.466 e. The SMILES string of the molecule is CCOC(=O)C1=C(COCC[NH3+])NC(C)=C(C(=O)OC)C1. The first-order valence-corrected chi connectivity index (χ1v) is 6.86. The summed E-state index contributed by atoms with van der Waals surface area (Å²) in [6, 6.07) is 0. The number of ether oxygens (including phenoxy) is 3. The molecule has 21 heavy (non-hydrogen) atoms. The van der Waals surface area contributed by atoms with E-state index in [4.69, 9.17) is 14.2 Å². The molecular weight excluding hydrogens is 276 g/mol. The van der Waals surface area contributed by atoms with E-state index < -0.39 is 11.9 Å². The third-order valence-electron chi connectivity index (χ3n) is 3.00. The van der Waals surface area contributed by atoms with Gasteiger partial charge >= 0.3 is 11.9 Å². The molecule has 1 rings (SSSR count). The average Bonchev–Trinajstić information content (AvgIpc) is 2.47. The molecule has 0 unspecified atom stereocenters. The maximum absolute atomic E-state index is 12.0. The van der Waals surface area contributed by atoms with Gasteiger partial charge in [0.2, 0.25) is 0 Å². The Balaban J connectivity index is 2.96. The van der Waals surface area contributed by atoms with E-state index in [0.29, 0.717) is 35.7 Å². The Bertz CT molecular complexity index is 468. The predicted molar refractivity (Wildman–Crippen MR) is 74.7 cm³/mol. The third-order valence-corrected chi connectivity index (χ3v) is 3.00. The van der Waals surface area contributed by atoms with E-state index >= 15 is 0 Å². The Hall–Kier alpha value is -1.86. The zero-order chi connectivity index (χ0) is 15.8. The van der Waals surface area contributed by atoms with Gasteiger partial charge in [0.05, 0.1) is 50.3 Å². The highest BCUT2D eigenvalue weighted by molar-refractivity contribution is 5.96. The molecular formula is C14H23N2O5+. The van der Waals surface area contributed by atoms with Crippen LogP contribution in [0.1, 0.15) is 20.3 Å². The number of allylic oxidation sites excluding steroid dienone is 1. The summed E-state index contributed by atoms with van der Waals surface area (Å²) < 4.78 is 15.2. The minimum absolute atomic E-state index is 0.174. The second kappa shape index (κ2) is 8.43. The van der Waals surface area contributed by atoms with Crippen molar-refractivity contribution in [2.45, 2.75) is 20.3 Å². The lowest BCUT2D eigenvalue weighted by Crippen LogP contribution is -2.52. The molecule has 0 radical (unpaired) electrons. The van der Waals surface area contributed by atoms with E-state index in [1.807, 2.05) is 0 Å². The van der Waals surface area contributed by atoms with Gasteiger partial charge in [0.1, 0.15) is 0 Å². The van der Waals surface area contributed by atoms with Crippen LogP contribution in [0.15, 0.2) is 22.5 Å². The molecule has 0 aromatic rings. The predicted octanol–water partition coefficient (Wildman–Crippen LogP) is -0.498. The summed E-state index contributed by atoms with van der Waals surface area (Å²) in [6.07, 6.45) is 0.174. The second-order valence-corrected chi connectivity index (χ2v) is 4.48. The molecule has 0 aliphatic carbocycles. The van der Waals surface area contributed by atoms with Gasteiger partial charge in [-0.15, -0.1) is 0 Å². The maximum Gasteiger partial charge on any atom is 0.336 e. The van der Waals surface area contributed by atoms with Crippen molar-refractivity contribution < 1.29 is 29.5 Å². The van der Waals surface area contributed by atoms with Crippen molar-refractivity contribution in [3.8, 4) is 0 Å².